The molecule has 0 radical (unpaired) electrons. The minimum Gasteiger partial charge on any atom is -0.487 e. The van der Waals surface area contributed by atoms with E-state index in [4.69, 9.17) is 4.74 Å². The molecule has 1 atom stereocenters. The molecule has 6 nitrogen and oxygen atoms in total. The molecule has 0 bridgehead atoms. The van der Waals surface area contributed by atoms with E-state index in [1.165, 1.54) is 0 Å². The Bertz CT molecular complexity index is 647. The maximum atomic E-state index is 11.9. The summed E-state index contributed by atoms with van der Waals surface area (Å²) in [6, 6.07) is 8.17. The van der Waals surface area contributed by atoms with E-state index in [-0.39, 0.29) is 48.1 Å². The number of fused-ring (bicyclic) bond motifs is 1. The first-order valence-corrected chi connectivity index (χ1v) is 9.35. The molecule has 2 N–H and O–H groups in total. The second-order valence-electron chi connectivity index (χ2n) is 7.53. The topological polar surface area (TPSA) is 66.0 Å². The van der Waals surface area contributed by atoms with Crippen LogP contribution in [0.4, 0.5) is 0 Å². The second-order valence-corrected chi connectivity index (χ2v) is 7.53. The fourth-order valence-electron chi connectivity index (χ4n) is 2.92. The van der Waals surface area contributed by atoms with E-state index in [2.05, 4.69) is 42.5 Å². The third-order valence-corrected chi connectivity index (χ3v) is 4.38. The zero-order valence-electron chi connectivity index (χ0n) is 17.0. The molecule has 27 heavy (non-hydrogen) atoms. The summed E-state index contributed by atoms with van der Waals surface area (Å²) in [7, 11) is 3.49. The van der Waals surface area contributed by atoms with E-state index < -0.39 is 0 Å². The van der Waals surface area contributed by atoms with Gasteiger partial charge in [0.2, 0.25) is 5.91 Å². The molecular formula is C20H33IN4O2. The fraction of sp³-hybridized carbons (Fsp3) is 0.600. The lowest BCUT2D eigenvalue weighted by molar-refractivity contribution is -0.127. The molecule has 0 fully saturated rings. The third-order valence-electron chi connectivity index (χ3n) is 4.38. The van der Waals surface area contributed by atoms with Crippen molar-refractivity contribution in [1.82, 2.24) is 15.5 Å². The van der Waals surface area contributed by atoms with E-state index in [0.29, 0.717) is 5.96 Å². The summed E-state index contributed by atoms with van der Waals surface area (Å²) in [5.41, 5.74) is 0.857. The molecule has 0 saturated carbocycles. The summed E-state index contributed by atoms with van der Waals surface area (Å²) in [5, 5.41) is 6.86. The molecule has 1 aromatic carbocycles. The Morgan fingerprint density at radius 1 is 1.33 bits per heavy atom. The van der Waals surface area contributed by atoms with Crippen LogP contribution in [0, 0.1) is 0 Å². The van der Waals surface area contributed by atoms with Gasteiger partial charge in [-0.15, -0.1) is 24.0 Å². The molecule has 152 valence electrons. The molecule has 1 aromatic rings. The Morgan fingerprint density at radius 3 is 2.70 bits per heavy atom. The average Bonchev–Trinajstić information content (AvgIpc) is 2.58. The number of benzene rings is 1. The number of unbranched alkanes of at least 4 members (excludes halogenated alkanes) is 1. The zero-order valence-corrected chi connectivity index (χ0v) is 19.4. The number of amides is 1. The van der Waals surface area contributed by atoms with Crippen molar-refractivity contribution in [2.45, 2.75) is 51.7 Å². The van der Waals surface area contributed by atoms with E-state index in [1.807, 2.05) is 18.2 Å². The highest BCUT2D eigenvalue weighted by Gasteiger charge is 2.34. The largest absolute Gasteiger partial charge is 0.487 e. The Labute approximate surface area is 180 Å². The normalized spacial score (nSPS) is 17.8. The van der Waals surface area contributed by atoms with Gasteiger partial charge < -0.3 is 20.3 Å². The van der Waals surface area contributed by atoms with E-state index in [1.54, 1.807) is 19.0 Å². The van der Waals surface area contributed by atoms with Crippen LogP contribution in [0.2, 0.25) is 0 Å². The van der Waals surface area contributed by atoms with Gasteiger partial charge >= 0.3 is 0 Å². The van der Waals surface area contributed by atoms with Gasteiger partial charge in [-0.3, -0.25) is 4.79 Å². The summed E-state index contributed by atoms with van der Waals surface area (Å²) in [5.74, 6) is 1.55. The molecule has 1 aliphatic rings. The number of guanidine groups is 1. The molecule has 0 aromatic heterocycles. The van der Waals surface area contributed by atoms with Crippen LogP contribution >= 0.6 is 24.0 Å². The number of halogens is 1. The summed E-state index contributed by atoms with van der Waals surface area (Å²) in [6.45, 7) is 7.29. The Balaban J connectivity index is 0.00000364. The lowest BCUT2D eigenvalue weighted by Crippen LogP contribution is -2.46. The van der Waals surface area contributed by atoms with Crippen molar-refractivity contribution in [2.75, 3.05) is 27.2 Å². The molecule has 0 aliphatic carbocycles. The van der Waals surface area contributed by atoms with Gasteiger partial charge in [-0.2, -0.15) is 0 Å². The number of carbonyl (C=O) groups excluding carboxylic acids is 1. The van der Waals surface area contributed by atoms with E-state index in [9.17, 15) is 4.79 Å². The summed E-state index contributed by atoms with van der Waals surface area (Å²) >= 11 is 0. The van der Waals surface area contributed by atoms with Gasteiger partial charge in [0.05, 0.1) is 6.04 Å². The predicted molar refractivity (Wildman–Crippen MR) is 121 cm³/mol. The molecule has 1 unspecified atom stereocenters. The van der Waals surface area contributed by atoms with Crippen molar-refractivity contribution >= 4 is 35.8 Å². The minimum absolute atomic E-state index is 0. The molecule has 0 spiro atoms. The van der Waals surface area contributed by atoms with Crippen molar-refractivity contribution in [2.24, 2.45) is 4.99 Å². The number of likely N-dealkylation sites (N-methyl/N-ethyl adjacent to an activating group) is 1. The third kappa shape index (κ3) is 7.20. The van der Waals surface area contributed by atoms with E-state index in [0.717, 1.165) is 37.1 Å². The Morgan fingerprint density at radius 2 is 2.04 bits per heavy atom. The number of carbonyl (C=O) groups is 1. The van der Waals surface area contributed by atoms with Crippen LogP contribution < -0.4 is 15.4 Å². The summed E-state index contributed by atoms with van der Waals surface area (Å²) in [6.07, 6.45) is 2.97. The first-order chi connectivity index (χ1) is 12.3. The quantitative estimate of drug-likeness (QED) is 0.279. The molecule has 0 saturated heterocycles. The van der Waals surface area contributed by atoms with Crippen LogP contribution in [0.3, 0.4) is 0 Å². The highest BCUT2D eigenvalue weighted by atomic mass is 127. The van der Waals surface area contributed by atoms with Crippen molar-refractivity contribution in [3.63, 3.8) is 0 Å². The first kappa shape index (κ1) is 23.5. The maximum absolute atomic E-state index is 11.9. The fourth-order valence-corrected chi connectivity index (χ4v) is 2.92. The van der Waals surface area contributed by atoms with Gasteiger partial charge in [0.15, 0.2) is 5.96 Å². The Hall–Kier alpha value is -1.51. The number of para-hydroxylation sites is 1. The van der Waals surface area contributed by atoms with E-state index >= 15 is 0 Å². The molecule has 1 amide bonds. The van der Waals surface area contributed by atoms with Crippen molar-refractivity contribution in [1.29, 1.82) is 0 Å². The van der Waals surface area contributed by atoms with Crippen molar-refractivity contribution in [3.8, 4) is 5.75 Å². The van der Waals surface area contributed by atoms with Gasteiger partial charge in [0.1, 0.15) is 17.9 Å². The van der Waals surface area contributed by atoms with Crippen LogP contribution in [0.25, 0.3) is 0 Å². The average molecular weight is 488 g/mol. The van der Waals surface area contributed by atoms with Gasteiger partial charge in [-0.1, -0.05) is 31.5 Å². The van der Waals surface area contributed by atoms with Crippen LogP contribution in [-0.2, 0) is 4.79 Å². The lowest BCUT2D eigenvalue weighted by atomic mass is 9.90. The Kier molecular flexibility index (Phi) is 9.35. The number of nitrogens with one attached hydrogen (secondary N) is 2. The number of nitrogens with zero attached hydrogens (tertiary/aromatic N) is 2. The highest BCUT2D eigenvalue weighted by Crippen LogP contribution is 2.39. The van der Waals surface area contributed by atoms with Crippen LogP contribution in [0.1, 0.15) is 51.6 Å². The lowest BCUT2D eigenvalue weighted by Gasteiger charge is -2.38. The van der Waals surface area contributed by atoms with Gasteiger partial charge in [-0.05, 0) is 26.3 Å². The molecule has 1 heterocycles. The first-order valence-electron chi connectivity index (χ1n) is 9.35. The van der Waals surface area contributed by atoms with Crippen LogP contribution in [0.5, 0.6) is 5.75 Å². The molecule has 7 heteroatoms. The minimum atomic E-state index is -0.264. The number of ether oxygens (including phenoxy) is 1. The van der Waals surface area contributed by atoms with Crippen molar-refractivity contribution < 1.29 is 9.53 Å². The van der Waals surface area contributed by atoms with Crippen molar-refractivity contribution in [3.05, 3.63) is 29.8 Å². The smallest absolute Gasteiger partial charge is 0.243 e. The molecular weight excluding hydrogens is 455 g/mol. The maximum Gasteiger partial charge on any atom is 0.243 e. The summed E-state index contributed by atoms with van der Waals surface area (Å²) < 4.78 is 6.10. The zero-order chi connectivity index (χ0) is 19.2. The number of aliphatic imine (C=N–C) groups is 1. The highest BCUT2D eigenvalue weighted by molar-refractivity contribution is 14.0. The number of hydrogen-bond acceptors (Lipinski definition) is 3. The second kappa shape index (κ2) is 10.7. The molecule has 2 rings (SSSR count). The number of hydrogen-bond donors (Lipinski definition) is 2. The van der Waals surface area contributed by atoms with Crippen LogP contribution in [-0.4, -0.2) is 49.6 Å². The SMILES string of the molecule is CCCCNC(=NCC(=O)N(C)C)NC1CC(C)(C)Oc2ccccc21.I. The van der Waals surface area contributed by atoms with Gasteiger partial charge in [0, 0.05) is 32.6 Å². The van der Waals surface area contributed by atoms with Crippen LogP contribution in [0.15, 0.2) is 29.3 Å². The van der Waals surface area contributed by atoms with Gasteiger partial charge in [-0.25, -0.2) is 4.99 Å². The summed E-state index contributed by atoms with van der Waals surface area (Å²) in [4.78, 5) is 18.0. The van der Waals surface area contributed by atoms with Gasteiger partial charge in [0.25, 0.3) is 0 Å². The predicted octanol–water partition coefficient (Wildman–Crippen LogP) is 3.33. The molecule has 1 aliphatic heterocycles. The number of rotatable bonds is 6. The monoisotopic (exact) mass is 488 g/mol. The standard InChI is InChI=1S/C20H32N4O2.HI/c1-6-7-12-21-19(22-14-18(25)24(4)5)23-16-13-20(2,3)26-17-11-9-8-10-15(16)17;/h8-11,16H,6-7,12-14H2,1-5H3,(H2,21,22,23);1H.